The zero-order valence-corrected chi connectivity index (χ0v) is 17.9. The lowest BCUT2D eigenvalue weighted by atomic mass is 10.1. The molecular formula is C18H27IN4O3. The maximum Gasteiger partial charge on any atom is 0.216 e. The average molecular weight is 474 g/mol. The molecule has 0 saturated heterocycles. The van der Waals surface area contributed by atoms with Crippen LogP contribution in [-0.2, 0) is 6.54 Å². The fourth-order valence-electron chi connectivity index (χ4n) is 2.26. The van der Waals surface area contributed by atoms with Gasteiger partial charge in [0.1, 0.15) is 18.1 Å². The molecule has 0 amide bonds. The van der Waals surface area contributed by atoms with Crippen molar-refractivity contribution in [3.63, 3.8) is 0 Å². The Hall–Kier alpha value is -1.81. The molecule has 26 heavy (non-hydrogen) atoms. The van der Waals surface area contributed by atoms with Crippen LogP contribution in [0.5, 0.6) is 5.75 Å². The van der Waals surface area contributed by atoms with E-state index in [9.17, 15) is 5.11 Å². The highest BCUT2D eigenvalue weighted by molar-refractivity contribution is 14.0. The summed E-state index contributed by atoms with van der Waals surface area (Å²) in [5.41, 5.74) is 1.65. The summed E-state index contributed by atoms with van der Waals surface area (Å²) in [5.74, 6) is 2.68. The van der Waals surface area contributed by atoms with E-state index in [1.165, 1.54) is 0 Å². The van der Waals surface area contributed by atoms with Crippen molar-refractivity contribution in [2.24, 2.45) is 4.99 Å². The van der Waals surface area contributed by atoms with Gasteiger partial charge in [0.15, 0.2) is 5.96 Å². The topological polar surface area (TPSA) is 91.9 Å². The van der Waals surface area contributed by atoms with Crippen LogP contribution in [0.2, 0.25) is 0 Å². The van der Waals surface area contributed by atoms with Gasteiger partial charge in [-0.05, 0) is 38.5 Å². The van der Waals surface area contributed by atoms with Crippen LogP contribution in [0, 0.1) is 13.8 Å². The average Bonchev–Trinajstić information content (AvgIpc) is 2.95. The first-order valence-corrected chi connectivity index (χ1v) is 8.30. The van der Waals surface area contributed by atoms with Gasteiger partial charge < -0.3 is 24.9 Å². The minimum atomic E-state index is -0.676. The fourth-order valence-corrected chi connectivity index (χ4v) is 2.26. The number of nitrogens with zero attached hydrogens (tertiary/aromatic N) is 2. The molecule has 0 bridgehead atoms. The highest BCUT2D eigenvalue weighted by Gasteiger charge is 2.10. The van der Waals surface area contributed by atoms with Crippen molar-refractivity contribution in [1.82, 2.24) is 15.6 Å². The lowest BCUT2D eigenvalue weighted by Gasteiger charge is -2.16. The number of benzene rings is 1. The number of ether oxygens (including phenoxy) is 1. The summed E-state index contributed by atoms with van der Waals surface area (Å²) in [7, 11) is 1.60. The van der Waals surface area contributed by atoms with Crippen LogP contribution in [0.1, 0.15) is 35.9 Å². The number of aromatic nitrogens is 1. The van der Waals surface area contributed by atoms with E-state index in [0.717, 1.165) is 17.0 Å². The Labute approximate surface area is 171 Å². The van der Waals surface area contributed by atoms with Crippen molar-refractivity contribution in [2.75, 3.05) is 20.2 Å². The summed E-state index contributed by atoms with van der Waals surface area (Å²) in [4.78, 5) is 8.75. The molecule has 0 aliphatic rings. The lowest BCUT2D eigenvalue weighted by molar-refractivity contribution is 0.180. The number of oxazole rings is 1. The Balaban J connectivity index is 0.00000338. The molecule has 8 heteroatoms. The van der Waals surface area contributed by atoms with Gasteiger partial charge >= 0.3 is 0 Å². The van der Waals surface area contributed by atoms with Crippen LogP contribution in [0.25, 0.3) is 0 Å². The van der Waals surface area contributed by atoms with E-state index in [1.54, 1.807) is 7.11 Å². The van der Waals surface area contributed by atoms with Gasteiger partial charge in [0.2, 0.25) is 5.89 Å². The monoisotopic (exact) mass is 474 g/mol. The minimum Gasteiger partial charge on any atom is -0.497 e. The summed E-state index contributed by atoms with van der Waals surface area (Å²) in [6.45, 7) is 7.13. The number of hydrogen-bond acceptors (Lipinski definition) is 5. The molecule has 1 heterocycles. The van der Waals surface area contributed by atoms with E-state index in [1.807, 2.05) is 45.0 Å². The molecule has 2 rings (SSSR count). The molecule has 1 unspecified atom stereocenters. The third kappa shape index (κ3) is 6.49. The summed E-state index contributed by atoms with van der Waals surface area (Å²) in [5, 5.41) is 16.6. The van der Waals surface area contributed by atoms with Gasteiger partial charge in [-0.15, -0.1) is 24.0 Å². The van der Waals surface area contributed by atoms with Crippen LogP contribution >= 0.6 is 24.0 Å². The van der Waals surface area contributed by atoms with E-state index in [0.29, 0.717) is 37.2 Å². The van der Waals surface area contributed by atoms with E-state index in [4.69, 9.17) is 9.15 Å². The summed E-state index contributed by atoms with van der Waals surface area (Å²) in [6.07, 6.45) is -0.676. The lowest BCUT2D eigenvalue weighted by Crippen LogP contribution is -2.39. The molecule has 3 N–H and O–H groups in total. The number of nitrogens with one attached hydrogen (secondary N) is 2. The van der Waals surface area contributed by atoms with E-state index in [2.05, 4.69) is 20.6 Å². The molecule has 144 valence electrons. The number of halogens is 1. The number of methoxy groups -OCH3 is 1. The van der Waals surface area contributed by atoms with Crippen molar-refractivity contribution in [3.8, 4) is 5.75 Å². The number of aryl methyl sites for hydroxylation is 2. The minimum absolute atomic E-state index is 0. The van der Waals surface area contributed by atoms with Crippen molar-refractivity contribution < 1.29 is 14.3 Å². The van der Waals surface area contributed by atoms with Crippen LogP contribution in [-0.4, -0.2) is 36.2 Å². The Morgan fingerprint density at radius 1 is 1.35 bits per heavy atom. The van der Waals surface area contributed by atoms with Gasteiger partial charge in [-0.2, -0.15) is 0 Å². The van der Waals surface area contributed by atoms with E-state index < -0.39 is 6.10 Å². The number of rotatable bonds is 7. The van der Waals surface area contributed by atoms with Crippen LogP contribution in [0.4, 0.5) is 0 Å². The first-order chi connectivity index (χ1) is 12.0. The number of aliphatic hydroxyl groups excluding tert-OH is 1. The SMILES string of the molecule is CCNC(=NCc1nc(C)c(C)o1)NCC(O)c1cccc(OC)c1.I. The predicted octanol–water partition coefficient (Wildman–Crippen LogP) is 2.71. The molecule has 0 radical (unpaired) electrons. The third-order valence-corrected chi connectivity index (χ3v) is 3.73. The molecule has 0 fully saturated rings. The first kappa shape index (κ1) is 22.2. The van der Waals surface area contributed by atoms with Gasteiger partial charge in [0, 0.05) is 13.1 Å². The molecule has 0 aliphatic carbocycles. The van der Waals surface area contributed by atoms with Crippen molar-refractivity contribution in [2.45, 2.75) is 33.4 Å². The van der Waals surface area contributed by atoms with Crippen LogP contribution in [0.15, 0.2) is 33.7 Å². The Morgan fingerprint density at radius 2 is 2.12 bits per heavy atom. The standard InChI is InChI=1S/C18H26N4O3.HI/c1-5-19-18(21-11-17-22-12(2)13(3)25-17)20-10-16(23)14-7-6-8-15(9-14)24-4;/h6-9,16,23H,5,10-11H2,1-4H3,(H2,19,20,21);1H. The van der Waals surface area contributed by atoms with Crippen molar-refractivity contribution in [1.29, 1.82) is 0 Å². The van der Waals surface area contributed by atoms with Crippen LogP contribution < -0.4 is 15.4 Å². The van der Waals surface area contributed by atoms with E-state index >= 15 is 0 Å². The molecule has 0 saturated carbocycles. The highest BCUT2D eigenvalue weighted by Crippen LogP contribution is 2.18. The predicted molar refractivity (Wildman–Crippen MR) is 112 cm³/mol. The summed E-state index contributed by atoms with van der Waals surface area (Å²) >= 11 is 0. The molecule has 1 aromatic heterocycles. The summed E-state index contributed by atoms with van der Waals surface area (Å²) < 4.78 is 10.7. The van der Waals surface area contributed by atoms with Gasteiger partial charge in [-0.25, -0.2) is 9.98 Å². The number of aliphatic imine (C=N–C) groups is 1. The highest BCUT2D eigenvalue weighted by atomic mass is 127. The van der Waals surface area contributed by atoms with Gasteiger partial charge in [-0.3, -0.25) is 0 Å². The summed E-state index contributed by atoms with van der Waals surface area (Å²) in [6, 6.07) is 7.37. The second-order valence-electron chi connectivity index (χ2n) is 5.62. The van der Waals surface area contributed by atoms with Gasteiger partial charge in [0.05, 0.1) is 18.9 Å². The largest absolute Gasteiger partial charge is 0.497 e. The quantitative estimate of drug-likeness (QED) is 0.325. The first-order valence-electron chi connectivity index (χ1n) is 8.30. The maximum atomic E-state index is 10.4. The molecule has 2 aromatic rings. The fraction of sp³-hybridized carbons (Fsp3) is 0.444. The Bertz CT molecular complexity index is 699. The molecule has 7 nitrogen and oxygen atoms in total. The molecule has 0 aliphatic heterocycles. The normalized spacial score (nSPS) is 12.3. The van der Waals surface area contributed by atoms with Crippen molar-refractivity contribution in [3.05, 3.63) is 47.2 Å². The third-order valence-electron chi connectivity index (χ3n) is 3.73. The molecule has 0 spiro atoms. The Morgan fingerprint density at radius 3 is 2.73 bits per heavy atom. The molecule has 1 aromatic carbocycles. The van der Waals surface area contributed by atoms with E-state index in [-0.39, 0.29) is 24.0 Å². The Kier molecular flexibility index (Phi) is 9.42. The zero-order chi connectivity index (χ0) is 18.2. The van der Waals surface area contributed by atoms with Crippen molar-refractivity contribution >= 4 is 29.9 Å². The smallest absolute Gasteiger partial charge is 0.216 e. The number of guanidine groups is 1. The second kappa shape index (κ2) is 11.0. The maximum absolute atomic E-state index is 10.4. The van der Waals surface area contributed by atoms with Gasteiger partial charge in [-0.1, -0.05) is 12.1 Å². The molecule has 1 atom stereocenters. The molecular weight excluding hydrogens is 447 g/mol. The zero-order valence-electron chi connectivity index (χ0n) is 15.6. The number of aliphatic hydroxyl groups is 1. The van der Waals surface area contributed by atoms with Gasteiger partial charge in [0.25, 0.3) is 0 Å². The number of hydrogen-bond donors (Lipinski definition) is 3. The second-order valence-corrected chi connectivity index (χ2v) is 5.62. The van der Waals surface area contributed by atoms with Crippen LogP contribution in [0.3, 0.4) is 0 Å².